The predicted octanol–water partition coefficient (Wildman–Crippen LogP) is 2.86. The fourth-order valence-electron chi connectivity index (χ4n) is 1.98. The Morgan fingerprint density at radius 1 is 1.47 bits per heavy atom. The van der Waals surface area contributed by atoms with Crippen molar-refractivity contribution in [1.82, 2.24) is 5.32 Å². The third kappa shape index (κ3) is 3.50. The van der Waals surface area contributed by atoms with Crippen molar-refractivity contribution in [3.8, 4) is 0 Å². The zero-order valence-electron chi connectivity index (χ0n) is 8.80. The molecule has 0 amide bonds. The van der Waals surface area contributed by atoms with Crippen LogP contribution in [0.5, 0.6) is 0 Å². The normalized spacial score (nSPS) is 20.5. The largest absolute Gasteiger partial charge is 0.385 e. The van der Waals surface area contributed by atoms with Gasteiger partial charge in [0.15, 0.2) is 0 Å². The molecule has 1 fully saturated rings. The first-order valence-electron chi connectivity index (χ1n) is 5.55. The van der Waals surface area contributed by atoms with Crippen LogP contribution in [0.15, 0.2) is 28.7 Å². The van der Waals surface area contributed by atoms with Gasteiger partial charge in [-0.2, -0.15) is 0 Å². The number of hydrogen-bond acceptors (Lipinski definition) is 2. The molecule has 1 heterocycles. The molecule has 2 rings (SSSR count). The molecule has 1 aromatic carbocycles. The Morgan fingerprint density at radius 3 is 3.13 bits per heavy atom. The van der Waals surface area contributed by atoms with Crippen LogP contribution in [0.4, 0.5) is 5.69 Å². The van der Waals surface area contributed by atoms with Gasteiger partial charge in [0.2, 0.25) is 0 Å². The van der Waals surface area contributed by atoms with Crippen LogP contribution >= 0.6 is 15.9 Å². The minimum Gasteiger partial charge on any atom is -0.385 e. The van der Waals surface area contributed by atoms with Gasteiger partial charge in [-0.15, -0.1) is 0 Å². The summed E-state index contributed by atoms with van der Waals surface area (Å²) in [4.78, 5) is 0. The van der Waals surface area contributed by atoms with Gasteiger partial charge in [-0.3, -0.25) is 0 Å². The van der Waals surface area contributed by atoms with Gasteiger partial charge in [-0.25, -0.2) is 0 Å². The van der Waals surface area contributed by atoms with Crippen molar-refractivity contribution in [3.05, 3.63) is 28.7 Å². The summed E-state index contributed by atoms with van der Waals surface area (Å²) in [6.45, 7) is 3.46. The molecule has 2 N–H and O–H groups in total. The molecule has 0 bridgehead atoms. The summed E-state index contributed by atoms with van der Waals surface area (Å²) in [5, 5.41) is 6.85. The second-order valence-electron chi connectivity index (χ2n) is 4.08. The van der Waals surface area contributed by atoms with Crippen LogP contribution < -0.4 is 10.6 Å². The van der Waals surface area contributed by atoms with Gasteiger partial charge in [-0.05, 0) is 50.0 Å². The standard InChI is InChI=1S/C12H17BrN2/c13-11-2-1-3-12(8-11)15-7-5-10-4-6-14-9-10/h1-3,8,10,14-15H,4-7,9H2. The maximum atomic E-state index is 3.47. The van der Waals surface area contributed by atoms with Crippen molar-refractivity contribution in [1.29, 1.82) is 0 Å². The predicted molar refractivity (Wildman–Crippen MR) is 68.2 cm³/mol. The first kappa shape index (κ1) is 11.0. The zero-order valence-corrected chi connectivity index (χ0v) is 10.4. The number of halogens is 1. The van der Waals surface area contributed by atoms with Crippen molar-refractivity contribution in [2.75, 3.05) is 25.0 Å². The molecule has 3 heteroatoms. The Hall–Kier alpha value is -0.540. The molecule has 0 spiro atoms. The lowest BCUT2D eigenvalue weighted by molar-refractivity contribution is 0.549. The monoisotopic (exact) mass is 268 g/mol. The summed E-state index contributed by atoms with van der Waals surface area (Å²) in [5.41, 5.74) is 1.20. The zero-order chi connectivity index (χ0) is 10.5. The quantitative estimate of drug-likeness (QED) is 0.878. The summed E-state index contributed by atoms with van der Waals surface area (Å²) in [6.07, 6.45) is 2.60. The smallest absolute Gasteiger partial charge is 0.0351 e. The van der Waals surface area contributed by atoms with Crippen LogP contribution in [0.25, 0.3) is 0 Å². The Bertz CT molecular complexity index is 308. The molecule has 1 aromatic rings. The van der Waals surface area contributed by atoms with Crippen LogP contribution in [-0.4, -0.2) is 19.6 Å². The second kappa shape index (κ2) is 5.52. The lowest BCUT2D eigenvalue weighted by Crippen LogP contribution is -2.12. The lowest BCUT2D eigenvalue weighted by atomic mass is 10.1. The van der Waals surface area contributed by atoms with Crippen molar-refractivity contribution in [3.63, 3.8) is 0 Å². The third-order valence-corrected chi connectivity index (χ3v) is 3.36. The maximum Gasteiger partial charge on any atom is 0.0351 e. The Labute approximate surface area is 99.6 Å². The van der Waals surface area contributed by atoms with Crippen molar-refractivity contribution >= 4 is 21.6 Å². The molecular formula is C12H17BrN2. The van der Waals surface area contributed by atoms with E-state index in [9.17, 15) is 0 Å². The van der Waals surface area contributed by atoms with E-state index < -0.39 is 0 Å². The van der Waals surface area contributed by atoms with Crippen LogP contribution in [0.1, 0.15) is 12.8 Å². The van der Waals surface area contributed by atoms with Crippen molar-refractivity contribution in [2.45, 2.75) is 12.8 Å². The number of anilines is 1. The number of nitrogens with one attached hydrogen (secondary N) is 2. The van der Waals surface area contributed by atoms with E-state index in [1.807, 2.05) is 6.07 Å². The Balaban J connectivity index is 1.73. The average molecular weight is 269 g/mol. The van der Waals surface area contributed by atoms with Gasteiger partial charge in [-0.1, -0.05) is 22.0 Å². The van der Waals surface area contributed by atoms with E-state index in [1.165, 1.54) is 31.6 Å². The van der Waals surface area contributed by atoms with E-state index in [1.54, 1.807) is 0 Å². The highest BCUT2D eigenvalue weighted by Gasteiger charge is 2.13. The van der Waals surface area contributed by atoms with Crippen molar-refractivity contribution in [2.24, 2.45) is 5.92 Å². The molecular weight excluding hydrogens is 252 g/mol. The Morgan fingerprint density at radius 2 is 2.40 bits per heavy atom. The highest BCUT2D eigenvalue weighted by molar-refractivity contribution is 9.10. The summed E-state index contributed by atoms with van der Waals surface area (Å²) in [7, 11) is 0. The minimum absolute atomic E-state index is 0.865. The lowest BCUT2D eigenvalue weighted by Gasteiger charge is -2.10. The average Bonchev–Trinajstić information content (AvgIpc) is 2.71. The molecule has 0 aromatic heterocycles. The highest BCUT2D eigenvalue weighted by atomic mass is 79.9. The van der Waals surface area contributed by atoms with E-state index in [4.69, 9.17) is 0 Å². The van der Waals surface area contributed by atoms with Gasteiger partial charge < -0.3 is 10.6 Å². The topological polar surface area (TPSA) is 24.1 Å². The molecule has 1 saturated heterocycles. The van der Waals surface area contributed by atoms with E-state index in [-0.39, 0.29) is 0 Å². The molecule has 1 atom stereocenters. The van der Waals surface area contributed by atoms with Crippen LogP contribution in [0.2, 0.25) is 0 Å². The van der Waals surface area contributed by atoms with Crippen LogP contribution in [-0.2, 0) is 0 Å². The van der Waals surface area contributed by atoms with Gasteiger partial charge >= 0.3 is 0 Å². The van der Waals surface area contributed by atoms with E-state index in [0.717, 1.165) is 16.9 Å². The number of rotatable bonds is 4. The Kier molecular flexibility index (Phi) is 4.03. The molecule has 0 aliphatic carbocycles. The first-order valence-corrected chi connectivity index (χ1v) is 6.34. The summed E-state index contributed by atoms with van der Waals surface area (Å²) < 4.78 is 1.13. The molecule has 1 aliphatic rings. The minimum atomic E-state index is 0.865. The van der Waals surface area contributed by atoms with Gasteiger partial charge in [0.25, 0.3) is 0 Å². The number of benzene rings is 1. The van der Waals surface area contributed by atoms with E-state index >= 15 is 0 Å². The summed E-state index contributed by atoms with van der Waals surface area (Å²) in [5.74, 6) is 0.865. The summed E-state index contributed by atoms with van der Waals surface area (Å²) >= 11 is 3.47. The molecule has 1 unspecified atom stereocenters. The molecule has 1 aliphatic heterocycles. The molecule has 0 saturated carbocycles. The number of hydrogen-bond donors (Lipinski definition) is 2. The first-order chi connectivity index (χ1) is 7.34. The molecule has 82 valence electrons. The van der Waals surface area contributed by atoms with E-state index in [0.29, 0.717) is 0 Å². The third-order valence-electron chi connectivity index (χ3n) is 2.87. The SMILES string of the molecule is Brc1cccc(NCCC2CCNC2)c1. The van der Waals surface area contributed by atoms with Crippen LogP contribution in [0, 0.1) is 5.92 Å². The maximum absolute atomic E-state index is 3.47. The second-order valence-corrected chi connectivity index (χ2v) is 5.00. The van der Waals surface area contributed by atoms with Crippen molar-refractivity contribution < 1.29 is 0 Å². The van der Waals surface area contributed by atoms with Gasteiger partial charge in [0, 0.05) is 16.7 Å². The fourth-order valence-corrected chi connectivity index (χ4v) is 2.38. The van der Waals surface area contributed by atoms with E-state index in [2.05, 4.69) is 44.8 Å². The van der Waals surface area contributed by atoms with Crippen LogP contribution in [0.3, 0.4) is 0 Å². The molecule has 15 heavy (non-hydrogen) atoms. The summed E-state index contributed by atoms with van der Waals surface area (Å²) in [6, 6.07) is 8.33. The van der Waals surface area contributed by atoms with Gasteiger partial charge in [0.1, 0.15) is 0 Å². The molecule has 2 nitrogen and oxygen atoms in total. The fraction of sp³-hybridized carbons (Fsp3) is 0.500. The van der Waals surface area contributed by atoms with Gasteiger partial charge in [0.05, 0.1) is 0 Å². The molecule has 0 radical (unpaired) electrons. The highest BCUT2D eigenvalue weighted by Crippen LogP contribution is 2.17.